The minimum atomic E-state index is -0.106. The van der Waals surface area contributed by atoms with Crippen molar-refractivity contribution in [1.82, 2.24) is 19.9 Å². The minimum Gasteiger partial charge on any atom is -0.351 e. The lowest BCUT2D eigenvalue weighted by atomic mass is 10.2. The van der Waals surface area contributed by atoms with Crippen LogP contribution in [0.15, 0.2) is 48.7 Å². The summed E-state index contributed by atoms with van der Waals surface area (Å²) in [7, 11) is 2.07. The second-order valence-electron chi connectivity index (χ2n) is 5.86. The number of hydrogen-bond acceptors (Lipinski definition) is 3. The van der Waals surface area contributed by atoms with Gasteiger partial charge in [-0.2, -0.15) is 0 Å². The van der Waals surface area contributed by atoms with Gasteiger partial charge in [0.25, 0.3) is 5.91 Å². The molecule has 1 aromatic carbocycles. The van der Waals surface area contributed by atoms with Crippen LogP contribution in [-0.4, -0.2) is 27.0 Å². The van der Waals surface area contributed by atoms with E-state index in [1.807, 2.05) is 24.3 Å². The number of para-hydroxylation sites is 2. The van der Waals surface area contributed by atoms with Gasteiger partial charge in [-0.3, -0.25) is 9.78 Å². The number of benzene rings is 1. The number of carbonyl (C=O) groups excluding carboxylic acids is 1. The van der Waals surface area contributed by atoms with Crippen molar-refractivity contribution in [2.45, 2.75) is 25.7 Å². The van der Waals surface area contributed by atoms with Crippen molar-refractivity contribution >= 4 is 16.9 Å². The van der Waals surface area contributed by atoms with Crippen molar-refractivity contribution in [1.29, 1.82) is 0 Å². The van der Waals surface area contributed by atoms with E-state index in [2.05, 4.69) is 33.0 Å². The summed E-state index contributed by atoms with van der Waals surface area (Å²) < 4.78 is 2.16. The lowest BCUT2D eigenvalue weighted by Crippen LogP contribution is -2.25. The van der Waals surface area contributed by atoms with Crippen LogP contribution in [0.3, 0.4) is 0 Å². The van der Waals surface area contributed by atoms with Crippen molar-refractivity contribution in [3.63, 3.8) is 0 Å². The van der Waals surface area contributed by atoms with Crippen LogP contribution >= 0.6 is 0 Å². The van der Waals surface area contributed by atoms with Gasteiger partial charge in [0.1, 0.15) is 11.5 Å². The van der Waals surface area contributed by atoms with Gasteiger partial charge in [0, 0.05) is 26.2 Å². The summed E-state index contributed by atoms with van der Waals surface area (Å²) in [5, 5.41) is 2.91. The maximum Gasteiger partial charge on any atom is 0.269 e. The Morgan fingerprint density at radius 1 is 1.08 bits per heavy atom. The Hall–Kier alpha value is -2.69. The van der Waals surface area contributed by atoms with E-state index < -0.39 is 0 Å². The van der Waals surface area contributed by atoms with Crippen LogP contribution in [-0.2, 0) is 13.5 Å². The fourth-order valence-electron chi connectivity index (χ4n) is 2.79. The standard InChI is InChI=1S/C19H22N4O/c1-23-17-11-5-4-9-15(17)22-18(23)12-3-2-7-14-21-19(24)16-10-6-8-13-20-16/h4-6,8-11,13H,2-3,7,12,14H2,1H3,(H,21,24). The highest BCUT2D eigenvalue weighted by Crippen LogP contribution is 2.15. The molecule has 0 radical (unpaired) electrons. The molecule has 3 aromatic rings. The first-order valence-corrected chi connectivity index (χ1v) is 8.35. The first-order chi connectivity index (χ1) is 11.8. The number of aromatic nitrogens is 3. The van der Waals surface area contributed by atoms with Crippen molar-refractivity contribution < 1.29 is 4.79 Å². The molecule has 2 aromatic heterocycles. The third-order valence-electron chi connectivity index (χ3n) is 4.14. The van der Waals surface area contributed by atoms with Gasteiger partial charge in [0.2, 0.25) is 0 Å². The Morgan fingerprint density at radius 3 is 2.71 bits per heavy atom. The van der Waals surface area contributed by atoms with Crippen molar-refractivity contribution in [3.8, 4) is 0 Å². The molecule has 0 bridgehead atoms. The normalized spacial score (nSPS) is 10.9. The molecule has 1 amide bonds. The zero-order valence-electron chi connectivity index (χ0n) is 13.9. The molecular weight excluding hydrogens is 300 g/mol. The van der Waals surface area contributed by atoms with Crippen molar-refractivity contribution in [2.24, 2.45) is 7.05 Å². The first-order valence-electron chi connectivity index (χ1n) is 8.35. The molecule has 0 spiro atoms. The maximum absolute atomic E-state index is 11.9. The molecule has 124 valence electrons. The third kappa shape index (κ3) is 3.79. The minimum absolute atomic E-state index is 0.106. The van der Waals surface area contributed by atoms with E-state index >= 15 is 0 Å². The summed E-state index contributed by atoms with van der Waals surface area (Å²) in [6, 6.07) is 13.5. The Bertz CT molecular complexity index is 811. The Labute approximate surface area is 141 Å². The number of unbranched alkanes of at least 4 members (excludes halogenated alkanes) is 2. The molecule has 0 saturated heterocycles. The molecular formula is C19H22N4O. The fraction of sp³-hybridized carbons (Fsp3) is 0.316. The van der Waals surface area contributed by atoms with Crippen LogP contribution in [0.5, 0.6) is 0 Å². The zero-order chi connectivity index (χ0) is 16.8. The predicted octanol–water partition coefficient (Wildman–Crippen LogP) is 3.11. The number of aryl methyl sites for hydroxylation is 2. The number of rotatable bonds is 7. The van der Waals surface area contributed by atoms with Gasteiger partial charge >= 0.3 is 0 Å². The highest BCUT2D eigenvalue weighted by atomic mass is 16.1. The molecule has 0 aliphatic rings. The molecule has 0 unspecified atom stereocenters. The number of nitrogens with zero attached hydrogens (tertiary/aromatic N) is 3. The molecule has 0 aliphatic carbocycles. The topological polar surface area (TPSA) is 59.8 Å². The van der Waals surface area contributed by atoms with Crippen LogP contribution in [0.1, 0.15) is 35.6 Å². The van der Waals surface area contributed by atoms with Crippen LogP contribution in [0, 0.1) is 0 Å². The second kappa shape index (κ2) is 7.73. The summed E-state index contributed by atoms with van der Waals surface area (Å²) in [6.45, 7) is 0.679. The molecule has 5 nitrogen and oxygen atoms in total. The van der Waals surface area contributed by atoms with Gasteiger partial charge in [-0.1, -0.05) is 24.6 Å². The number of amides is 1. The van der Waals surface area contributed by atoms with Crippen LogP contribution in [0.25, 0.3) is 11.0 Å². The van der Waals surface area contributed by atoms with E-state index in [-0.39, 0.29) is 5.91 Å². The Morgan fingerprint density at radius 2 is 1.92 bits per heavy atom. The van der Waals surface area contributed by atoms with Gasteiger partial charge in [-0.25, -0.2) is 4.98 Å². The molecule has 0 saturated carbocycles. The quantitative estimate of drug-likeness (QED) is 0.680. The van der Waals surface area contributed by atoms with Crippen LogP contribution in [0.2, 0.25) is 0 Å². The lowest BCUT2D eigenvalue weighted by Gasteiger charge is -2.05. The van der Waals surface area contributed by atoms with Gasteiger partial charge in [0.05, 0.1) is 11.0 Å². The molecule has 1 N–H and O–H groups in total. The number of pyridine rings is 1. The van der Waals surface area contributed by atoms with Gasteiger partial charge in [-0.05, 0) is 37.1 Å². The second-order valence-corrected chi connectivity index (χ2v) is 5.86. The Balaban J connectivity index is 1.39. The third-order valence-corrected chi connectivity index (χ3v) is 4.14. The molecule has 0 fully saturated rings. The molecule has 0 atom stereocenters. The Kier molecular flexibility index (Phi) is 5.21. The average molecular weight is 322 g/mol. The maximum atomic E-state index is 11.9. The largest absolute Gasteiger partial charge is 0.351 e. The summed E-state index contributed by atoms with van der Waals surface area (Å²) in [6.07, 6.45) is 5.68. The number of nitrogens with one attached hydrogen (secondary N) is 1. The fourth-order valence-corrected chi connectivity index (χ4v) is 2.79. The van der Waals surface area contributed by atoms with Crippen LogP contribution < -0.4 is 5.32 Å². The highest BCUT2D eigenvalue weighted by molar-refractivity contribution is 5.92. The van der Waals surface area contributed by atoms with E-state index in [1.165, 1.54) is 5.52 Å². The van der Waals surface area contributed by atoms with Gasteiger partial charge in [-0.15, -0.1) is 0 Å². The molecule has 2 heterocycles. The molecule has 3 rings (SSSR count). The van der Waals surface area contributed by atoms with Gasteiger partial charge in [0.15, 0.2) is 0 Å². The smallest absolute Gasteiger partial charge is 0.269 e. The summed E-state index contributed by atoms with van der Waals surface area (Å²) in [5.41, 5.74) is 2.70. The van der Waals surface area contributed by atoms with E-state index in [4.69, 9.17) is 0 Å². The van der Waals surface area contributed by atoms with Crippen molar-refractivity contribution in [2.75, 3.05) is 6.54 Å². The average Bonchev–Trinajstić information content (AvgIpc) is 2.95. The molecule has 0 aliphatic heterocycles. The van der Waals surface area contributed by atoms with Crippen molar-refractivity contribution in [3.05, 3.63) is 60.2 Å². The van der Waals surface area contributed by atoms with E-state index in [0.29, 0.717) is 12.2 Å². The SMILES string of the molecule is Cn1c(CCCCCNC(=O)c2ccccn2)nc2ccccc21. The first kappa shape index (κ1) is 16.2. The van der Waals surface area contributed by atoms with E-state index in [9.17, 15) is 4.79 Å². The molecule has 5 heteroatoms. The lowest BCUT2D eigenvalue weighted by molar-refractivity contribution is 0.0948. The monoisotopic (exact) mass is 322 g/mol. The van der Waals surface area contributed by atoms with E-state index in [0.717, 1.165) is 37.0 Å². The number of imidazole rings is 1. The number of carbonyl (C=O) groups is 1. The van der Waals surface area contributed by atoms with E-state index in [1.54, 1.807) is 18.3 Å². The predicted molar refractivity (Wildman–Crippen MR) is 94.8 cm³/mol. The summed E-state index contributed by atoms with van der Waals surface area (Å²) in [5.74, 6) is 1.01. The van der Waals surface area contributed by atoms with Gasteiger partial charge < -0.3 is 9.88 Å². The number of fused-ring (bicyclic) bond motifs is 1. The summed E-state index contributed by atoms with van der Waals surface area (Å²) >= 11 is 0. The highest BCUT2D eigenvalue weighted by Gasteiger charge is 2.07. The molecule has 24 heavy (non-hydrogen) atoms. The summed E-state index contributed by atoms with van der Waals surface area (Å²) in [4.78, 5) is 20.6. The number of hydrogen-bond donors (Lipinski definition) is 1. The zero-order valence-corrected chi connectivity index (χ0v) is 13.9. The van der Waals surface area contributed by atoms with Crippen LogP contribution in [0.4, 0.5) is 0 Å².